The Kier molecular flexibility index (Phi) is 6.15. The van der Waals surface area contributed by atoms with Crippen LogP contribution in [0.1, 0.15) is 17.0 Å². The first-order chi connectivity index (χ1) is 19.7. The largest absolute Gasteiger partial charge is 0.332 e. The van der Waals surface area contributed by atoms with Gasteiger partial charge in [-0.05, 0) is 42.0 Å². The van der Waals surface area contributed by atoms with Gasteiger partial charge in [0, 0.05) is 12.6 Å². The summed E-state index contributed by atoms with van der Waals surface area (Å²) in [6, 6.07) is 9.53. The molecule has 0 spiro atoms. The van der Waals surface area contributed by atoms with Crippen LogP contribution in [0.15, 0.2) is 58.6 Å². The second kappa shape index (κ2) is 9.72. The van der Waals surface area contributed by atoms with Crippen LogP contribution in [-0.4, -0.2) is 38.5 Å². The van der Waals surface area contributed by atoms with Crippen LogP contribution in [0.5, 0.6) is 0 Å². The van der Waals surface area contributed by atoms with Crippen LogP contribution >= 0.6 is 11.6 Å². The summed E-state index contributed by atoms with van der Waals surface area (Å²) in [6.45, 7) is -0.770. The van der Waals surface area contributed by atoms with Crippen molar-refractivity contribution in [1.29, 1.82) is 5.26 Å². The zero-order valence-corrected chi connectivity index (χ0v) is 21.6. The second-order valence-electron chi connectivity index (χ2n) is 9.06. The van der Waals surface area contributed by atoms with Gasteiger partial charge in [-0.3, -0.25) is 18.6 Å². The molecule has 0 aliphatic rings. The van der Waals surface area contributed by atoms with Gasteiger partial charge in [0.05, 0.1) is 41.0 Å². The molecule has 6 aromatic rings. The van der Waals surface area contributed by atoms with Crippen molar-refractivity contribution in [2.24, 2.45) is 7.05 Å². The van der Waals surface area contributed by atoms with Crippen molar-refractivity contribution >= 4 is 28.2 Å². The Hall–Kier alpha value is -5.29. The average Bonchev–Trinajstić information content (AvgIpc) is 3.60. The summed E-state index contributed by atoms with van der Waals surface area (Å²) < 4.78 is 46.6. The minimum absolute atomic E-state index is 0.0318. The predicted octanol–water partition coefficient (Wildman–Crippen LogP) is 3.04. The number of nitrogens with zero attached hydrogens (tertiary/aromatic N) is 9. The molecule has 0 N–H and O–H groups in total. The fourth-order valence-electron chi connectivity index (χ4n) is 4.61. The van der Waals surface area contributed by atoms with Crippen LogP contribution in [0.3, 0.4) is 0 Å². The summed E-state index contributed by atoms with van der Waals surface area (Å²) in [4.78, 5) is 36.0. The van der Waals surface area contributed by atoms with E-state index in [9.17, 15) is 28.0 Å². The Morgan fingerprint density at radius 1 is 1.00 bits per heavy atom. The van der Waals surface area contributed by atoms with Crippen molar-refractivity contribution in [2.75, 3.05) is 0 Å². The van der Waals surface area contributed by atoms with Crippen molar-refractivity contribution in [1.82, 2.24) is 38.5 Å². The van der Waals surface area contributed by atoms with Crippen LogP contribution in [0.25, 0.3) is 27.8 Å². The quantitative estimate of drug-likeness (QED) is 0.288. The molecular formula is C26H15ClF3N9O2. The number of hydrogen-bond donors (Lipinski definition) is 0. The Morgan fingerprint density at radius 2 is 1.76 bits per heavy atom. The molecule has 0 radical (unpaired) electrons. The van der Waals surface area contributed by atoms with Gasteiger partial charge in [0.2, 0.25) is 0 Å². The second-order valence-corrected chi connectivity index (χ2v) is 9.47. The number of pyridine rings is 1. The van der Waals surface area contributed by atoms with E-state index in [0.29, 0.717) is 5.56 Å². The smallest absolute Gasteiger partial charge is 0.288 e. The van der Waals surface area contributed by atoms with Crippen molar-refractivity contribution in [3.63, 3.8) is 0 Å². The summed E-state index contributed by atoms with van der Waals surface area (Å²) in [7, 11) is 1.61. The fraction of sp³-hybridized carbons (Fsp3) is 0.115. The predicted molar refractivity (Wildman–Crippen MR) is 140 cm³/mol. The van der Waals surface area contributed by atoms with Crippen LogP contribution in [0.2, 0.25) is 5.02 Å². The monoisotopic (exact) mass is 577 g/mol. The number of benzene rings is 2. The molecule has 4 aromatic heterocycles. The Labute approximate surface area is 231 Å². The molecule has 2 aromatic carbocycles. The van der Waals surface area contributed by atoms with Crippen LogP contribution in [0.4, 0.5) is 13.2 Å². The lowest BCUT2D eigenvalue weighted by Gasteiger charge is -2.16. The summed E-state index contributed by atoms with van der Waals surface area (Å²) in [5.74, 6) is -4.38. The Morgan fingerprint density at radius 3 is 2.44 bits per heavy atom. The molecule has 0 saturated heterocycles. The fourth-order valence-corrected chi connectivity index (χ4v) is 4.82. The van der Waals surface area contributed by atoms with E-state index in [-0.39, 0.29) is 50.8 Å². The molecule has 4 heterocycles. The molecule has 0 amide bonds. The molecule has 41 heavy (non-hydrogen) atoms. The van der Waals surface area contributed by atoms with Gasteiger partial charge in [-0.15, -0.1) is 0 Å². The highest BCUT2D eigenvalue weighted by atomic mass is 35.5. The normalized spacial score (nSPS) is 11.4. The van der Waals surface area contributed by atoms with E-state index in [1.807, 2.05) is 6.07 Å². The minimum Gasteiger partial charge on any atom is -0.288 e. The van der Waals surface area contributed by atoms with E-state index >= 15 is 0 Å². The maximum atomic E-state index is 14.1. The number of hydrogen-bond acceptors (Lipinski definition) is 7. The van der Waals surface area contributed by atoms with Gasteiger partial charge in [0.15, 0.2) is 28.9 Å². The number of aryl methyl sites for hydroxylation is 1. The highest BCUT2D eigenvalue weighted by Gasteiger charge is 2.23. The average molecular weight is 578 g/mol. The topological polar surface area (TPSA) is 129 Å². The maximum Gasteiger partial charge on any atom is 0.332 e. The van der Waals surface area contributed by atoms with Crippen LogP contribution < -0.4 is 11.2 Å². The summed E-state index contributed by atoms with van der Waals surface area (Å²) >= 11 is 6.47. The van der Waals surface area contributed by atoms with E-state index in [1.165, 1.54) is 46.1 Å². The van der Waals surface area contributed by atoms with E-state index in [2.05, 4.69) is 20.2 Å². The number of aromatic nitrogens is 8. The van der Waals surface area contributed by atoms with Crippen molar-refractivity contribution in [3.8, 4) is 17.3 Å². The number of fused-ring (bicyclic) bond motifs is 3. The van der Waals surface area contributed by atoms with E-state index in [4.69, 9.17) is 11.6 Å². The Balaban J connectivity index is 1.71. The zero-order chi connectivity index (χ0) is 29.0. The third-order valence-corrected chi connectivity index (χ3v) is 6.77. The molecule has 6 rings (SSSR count). The minimum atomic E-state index is -1.66. The summed E-state index contributed by atoms with van der Waals surface area (Å²) in [5, 5.41) is 18.0. The van der Waals surface area contributed by atoms with Gasteiger partial charge in [-0.2, -0.15) is 15.5 Å². The first-order valence-electron chi connectivity index (χ1n) is 11.8. The molecule has 11 nitrogen and oxygen atoms in total. The summed E-state index contributed by atoms with van der Waals surface area (Å²) in [6.07, 6.45) is 2.59. The molecular weight excluding hydrogens is 563 g/mol. The van der Waals surface area contributed by atoms with E-state index in [1.54, 1.807) is 7.05 Å². The van der Waals surface area contributed by atoms with Crippen molar-refractivity contribution in [3.05, 3.63) is 109 Å². The highest BCUT2D eigenvalue weighted by Crippen LogP contribution is 2.31. The van der Waals surface area contributed by atoms with Crippen LogP contribution in [-0.2, 0) is 20.1 Å². The van der Waals surface area contributed by atoms with Crippen LogP contribution in [0, 0.1) is 28.8 Å². The first-order valence-corrected chi connectivity index (χ1v) is 12.2. The Bertz CT molecular complexity index is 2170. The van der Waals surface area contributed by atoms with E-state index < -0.39 is 35.2 Å². The molecule has 0 aliphatic heterocycles. The van der Waals surface area contributed by atoms with Crippen molar-refractivity contribution < 1.29 is 13.2 Å². The first kappa shape index (κ1) is 26.0. The lowest BCUT2D eigenvalue weighted by Crippen LogP contribution is -2.41. The summed E-state index contributed by atoms with van der Waals surface area (Å²) in [5.41, 5.74) is -0.691. The van der Waals surface area contributed by atoms with Gasteiger partial charge >= 0.3 is 5.69 Å². The van der Waals surface area contributed by atoms with Gasteiger partial charge < -0.3 is 0 Å². The molecule has 0 unspecified atom stereocenters. The third-order valence-electron chi connectivity index (χ3n) is 6.44. The SMILES string of the molecule is Cn1cnc(Cn2c(=O)c3c(cc(-c4cc(C#N)ccc4Cl)n4ncnc34)n(Cc3cc(F)c(F)c(F)c3)c2=O)n1. The standard InChI is InChI=1S/C26H15ClF3N9O2/c1-36-12-33-21(35-36)10-38-25(40)22-20(37(26(38)41)9-14-5-17(28)23(30)18(29)6-14)7-19(39-24(22)32-11-34-39)15-4-13(8-31)2-3-16(15)27/h2-7,11-12H,9-10H2,1H3. The lowest BCUT2D eigenvalue weighted by molar-refractivity contribution is 0.444. The highest BCUT2D eigenvalue weighted by molar-refractivity contribution is 6.33. The van der Waals surface area contributed by atoms with Gasteiger partial charge in [0.1, 0.15) is 18.0 Å². The maximum absolute atomic E-state index is 14.1. The molecule has 0 aliphatic carbocycles. The number of rotatable bonds is 5. The van der Waals surface area contributed by atoms with Gasteiger partial charge in [-0.25, -0.2) is 32.4 Å². The molecule has 0 saturated carbocycles. The molecule has 0 atom stereocenters. The van der Waals surface area contributed by atoms with Gasteiger partial charge in [-0.1, -0.05) is 11.6 Å². The third kappa shape index (κ3) is 4.32. The van der Waals surface area contributed by atoms with Crippen molar-refractivity contribution in [2.45, 2.75) is 13.1 Å². The molecule has 204 valence electrons. The molecule has 0 bridgehead atoms. The number of halogens is 4. The van der Waals surface area contributed by atoms with E-state index in [0.717, 1.165) is 21.3 Å². The molecule has 0 fully saturated rings. The van der Waals surface area contributed by atoms with Gasteiger partial charge in [0.25, 0.3) is 5.56 Å². The zero-order valence-electron chi connectivity index (χ0n) is 20.9. The number of nitriles is 1. The molecule has 15 heteroatoms. The lowest BCUT2D eigenvalue weighted by atomic mass is 10.1.